The highest BCUT2D eigenvalue weighted by atomic mass is 19.4. The van der Waals surface area contributed by atoms with E-state index in [9.17, 15) is 31.1 Å². The second-order valence-electron chi connectivity index (χ2n) is 4.16. The maximum Gasteiger partial charge on any atom is 0.416 e. The standard InChI is InChI=1S/C12H11F6NO2/c1-2-19(6-11(13,14)15)9-4-3-7(12(16,17)18)5-8(9)10(20)21/h3-5H,2,6H2,1H3,(H,20,21). The highest BCUT2D eigenvalue weighted by Crippen LogP contribution is 2.33. The molecule has 1 aromatic carbocycles. The molecule has 21 heavy (non-hydrogen) atoms. The van der Waals surface area contributed by atoms with Gasteiger partial charge in [0.25, 0.3) is 0 Å². The third-order valence-electron chi connectivity index (χ3n) is 2.65. The lowest BCUT2D eigenvalue weighted by Gasteiger charge is -2.26. The molecule has 9 heteroatoms. The largest absolute Gasteiger partial charge is 0.478 e. The van der Waals surface area contributed by atoms with Gasteiger partial charge in [0.15, 0.2) is 0 Å². The molecule has 1 N–H and O–H groups in total. The van der Waals surface area contributed by atoms with Crippen molar-refractivity contribution in [2.45, 2.75) is 19.3 Å². The van der Waals surface area contributed by atoms with E-state index < -0.39 is 41.7 Å². The molecule has 0 saturated carbocycles. The summed E-state index contributed by atoms with van der Waals surface area (Å²) in [5.41, 5.74) is -2.46. The Morgan fingerprint density at radius 1 is 1.19 bits per heavy atom. The van der Waals surface area contributed by atoms with Gasteiger partial charge in [-0.25, -0.2) is 4.79 Å². The minimum Gasteiger partial charge on any atom is -0.478 e. The van der Waals surface area contributed by atoms with Crippen LogP contribution in [0.4, 0.5) is 32.0 Å². The normalized spacial score (nSPS) is 12.3. The van der Waals surface area contributed by atoms with Crippen LogP contribution in [0.3, 0.4) is 0 Å². The Labute approximate surface area is 115 Å². The van der Waals surface area contributed by atoms with Crippen LogP contribution in [0.5, 0.6) is 0 Å². The van der Waals surface area contributed by atoms with Crippen LogP contribution in [0.1, 0.15) is 22.8 Å². The fourth-order valence-corrected chi connectivity index (χ4v) is 1.74. The van der Waals surface area contributed by atoms with E-state index in [0.29, 0.717) is 17.0 Å². The Bertz CT molecular complexity index is 523. The summed E-state index contributed by atoms with van der Waals surface area (Å²) in [5.74, 6) is -1.73. The first-order valence-electron chi connectivity index (χ1n) is 5.72. The third kappa shape index (κ3) is 4.54. The molecule has 1 aromatic rings. The molecule has 3 nitrogen and oxygen atoms in total. The van der Waals surface area contributed by atoms with Gasteiger partial charge < -0.3 is 10.0 Å². The number of carboxylic acid groups (broad SMARTS) is 1. The quantitative estimate of drug-likeness (QED) is 0.859. The average molecular weight is 315 g/mol. The van der Waals surface area contributed by atoms with E-state index in [1.807, 2.05) is 0 Å². The number of hydrogen-bond acceptors (Lipinski definition) is 2. The van der Waals surface area contributed by atoms with Gasteiger partial charge in [0.2, 0.25) is 0 Å². The minimum absolute atomic E-state index is 0.203. The molecular weight excluding hydrogens is 304 g/mol. The topological polar surface area (TPSA) is 40.5 Å². The van der Waals surface area contributed by atoms with E-state index in [4.69, 9.17) is 5.11 Å². The number of nitrogens with zero attached hydrogens (tertiary/aromatic N) is 1. The summed E-state index contributed by atoms with van der Waals surface area (Å²) >= 11 is 0. The highest BCUT2D eigenvalue weighted by molar-refractivity contribution is 5.94. The predicted octanol–water partition coefficient (Wildman–Crippen LogP) is 3.79. The molecule has 0 amide bonds. The number of carboxylic acids is 1. The van der Waals surface area contributed by atoms with Crippen molar-refractivity contribution in [2.24, 2.45) is 0 Å². The molecule has 0 aromatic heterocycles. The van der Waals surface area contributed by atoms with Gasteiger partial charge in [0.05, 0.1) is 16.8 Å². The summed E-state index contributed by atoms with van der Waals surface area (Å²) in [6, 6.07) is 1.62. The van der Waals surface area contributed by atoms with Crippen molar-refractivity contribution in [2.75, 3.05) is 18.0 Å². The maximum atomic E-state index is 12.5. The number of anilines is 1. The van der Waals surface area contributed by atoms with Crippen LogP contribution in [0.15, 0.2) is 18.2 Å². The maximum absolute atomic E-state index is 12.5. The summed E-state index contributed by atoms with van der Waals surface area (Å²) in [5, 5.41) is 8.92. The van der Waals surface area contributed by atoms with Crippen molar-refractivity contribution in [3.8, 4) is 0 Å². The monoisotopic (exact) mass is 315 g/mol. The van der Waals surface area contributed by atoms with Gasteiger partial charge >= 0.3 is 18.3 Å². The summed E-state index contributed by atoms with van der Waals surface area (Å²) in [7, 11) is 0. The lowest BCUT2D eigenvalue weighted by atomic mass is 10.1. The summed E-state index contributed by atoms with van der Waals surface area (Å²) in [4.78, 5) is 11.7. The SMILES string of the molecule is CCN(CC(F)(F)F)c1ccc(C(F)(F)F)cc1C(=O)O. The summed E-state index contributed by atoms with van der Waals surface area (Å²) in [6.45, 7) is -0.310. The van der Waals surface area contributed by atoms with Gasteiger partial charge in [-0.2, -0.15) is 26.3 Å². The van der Waals surface area contributed by atoms with Crippen molar-refractivity contribution in [1.82, 2.24) is 0 Å². The number of aromatic carboxylic acids is 1. The fourth-order valence-electron chi connectivity index (χ4n) is 1.74. The van der Waals surface area contributed by atoms with E-state index >= 15 is 0 Å². The molecule has 0 unspecified atom stereocenters. The molecule has 1 rings (SSSR count). The number of rotatable bonds is 4. The van der Waals surface area contributed by atoms with E-state index in [1.54, 1.807) is 0 Å². The fraction of sp³-hybridized carbons (Fsp3) is 0.417. The number of hydrogen-bond donors (Lipinski definition) is 1. The van der Waals surface area contributed by atoms with Gasteiger partial charge in [-0.1, -0.05) is 0 Å². The van der Waals surface area contributed by atoms with Crippen LogP contribution in [-0.4, -0.2) is 30.3 Å². The van der Waals surface area contributed by atoms with Gasteiger partial charge in [-0.3, -0.25) is 0 Å². The predicted molar refractivity (Wildman–Crippen MR) is 62.3 cm³/mol. The van der Waals surface area contributed by atoms with Crippen molar-refractivity contribution in [1.29, 1.82) is 0 Å². The first-order chi connectivity index (χ1) is 9.45. The van der Waals surface area contributed by atoms with Crippen molar-refractivity contribution in [3.05, 3.63) is 29.3 Å². The molecule has 0 aliphatic carbocycles. The van der Waals surface area contributed by atoms with E-state index in [1.165, 1.54) is 6.92 Å². The van der Waals surface area contributed by atoms with Crippen molar-refractivity contribution < 1.29 is 36.2 Å². The average Bonchev–Trinajstić information content (AvgIpc) is 2.33. The zero-order chi connectivity index (χ0) is 16.4. The molecule has 0 atom stereocenters. The number of halogens is 6. The van der Waals surface area contributed by atoms with Gasteiger partial charge in [0.1, 0.15) is 6.54 Å². The lowest BCUT2D eigenvalue weighted by molar-refractivity contribution is -0.137. The molecule has 0 aliphatic rings. The zero-order valence-corrected chi connectivity index (χ0v) is 10.7. The van der Waals surface area contributed by atoms with Gasteiger partial charge in [-0.15, -0.1) is 0 Å². The Morgan fingerprint density at radius 3 is 2.14 bits per heavy atom. The number of carbonyl (C=O) groups is 1. The van der Waals surface area contributed by atoms with E-state index in [0.717, 1.165) is 6.07 Å². The first-order valence-corrected chi connectivity index (χ1v) is 5.72. The molecule has 118 valence electrons. The molecule has 0 spiro atoms. The Balaban J connectivity index is 3.31. The molecule has 0 bridgehead atoms. The van der Waals surface area contributed by atoms with Crippen LogP contribution < -0.4 is 4.90 Å². The van der Waals surface area contributed by atoms with Crippen LogP contribution in [0.2, 0.25) is 0 Å². The summed E-state index contributed by atoms with van der Waals surface area (Å²) < 4.78 is 74.8. The second kappa shape index (κ2) is 5.82. The third-order valence-corrected chi connectivity index (χ3v) is 2.65. The van der Waals surface area contributed by atoms with Crippen LogP contribution in [-0.2, 0) is 6.18 Å². The lowest BCUT2D eigenvalue weighted by Crippen LogP contribution is -2.35. The molecule has 0 fully saturated rings. The highest BCUT2D eigenvalue weighted by Gasteiger charge is 2.34. The van der Waals surface area contributed by atoms with Gasteiger partial charge in [0, 0.05) is 6.54 Å². The van der Waals surface area contributed by atoms with Crippen LogP contribution in [0.25, 0.3) is 0 Å². The van der Waals surface area contributed by atoms with Gasteiger partial charge in [-0.05, 0) is 25.1 Å². The minimum atomic E-state index is -4.77. The summed E-state index contributed by atoms with van der Waals surface area (Å²) in [6.07, 6.45) is -9.38. The Hall–Kier alpha value is -1.93. The molecule has 0 saturated heterocycles. The Kier molecular flexibility index (Phi) is 4.75. The van der Waals surface area contributed by atoms with Crippen molar-refractivity contribution in [3.63, 3.8) is 0 Å². The van der Waals surface area contributed by atoms with Crippen molar-refractivity contribution >= 4 is 11.7 Å². The van der Waals surface area contributed by atoms with Crippen LogP contribution >= 0.6 is 0 Å². The first kappa shape index (κ1) is 17.1. The molecular formula is C12H11F6NO2. The molecule has 0 aliphatic heterocycles. The Morgan fingerprint density at radius 2 is 1.76 bits per heavy atom. The van der Waals surface area contributed by atoms with E-state index in [2.05, 4.69) is 0 Å². The number of alkyl halides is 6. The van der Waals surface area contributed by atoms with Crippen LogP contribution in [0, 0.1) is 0 Å². The molecule has 0 radical (unpaired) electrons. The second-order valence-corrected chi connectivity index (χ2v) is 4.16. The smallest absolute Gasteiger partial charge is 0.416 e. The number of benzene rings is 1. The zero-order valence-electron chi connectivity index (χ0n) is 10.7. The molecule has 0 heterocycles. The van der Waals surface area contributed by atoms with E-state index in [-0.39, 0.29) is 6.54 Å².